The van der Waals surface area contributed by atoms with Gasteiger partial charge in [0.15, 0.2) is 0 Å². The maximum Gasteiger partial charge on any atom is 0.501 e. The Hall–Kier alpha value is -3.05. The van der Waals surface area contributed by atoms with Crippen molar-refractivity contribution < 1.29 is 26.4 Å². The van der Waals surface area contributed by atoms with Crippen LogP contribution in [-0.2, 0) is 16.4 Å². The quantitative estimate of drug-likeness (QED) is 0.508. The first-order valence-electron chi connectivity index (χ1n) is 9.41. The van der Waals surface area contributed by atoms with Crippen LogP contribution in [0.2, 0.25) is 0 Å². The van der Waals surface area contributed by atoms with Gasteiger partial charge in [-0.05, 0) is 43.3 Å². The lowest BCUT2D eigenvalue weighted by molar-refractivity contribution is -0.0436. The Kier molecular flexibility index (Phi) is 5.41. The second-order valence-electron chi connectivity index (χ2n) is 7.20. The van der Waals surface area contributed by atoms with Crippen LogP contribution in [0.15, 0.2) is 65.6 Å². The Bertz CT molecular complexity index is 1330. The number of para-hydroxylation sites is 1. The fraction of sp³-hybridized carbons (Fsp3) is 0.190. The summed E-state index contributed by atoms with van der Waals surface area (Å²) in [5, 5.41) is 0.961. The number of hydrogen-bond acceptors (Lipinski definition) is 5. The Labute approximate surface area is 187 Å². The molecule has 3 aromatic rings. The third-order valence-electron chi connectivity index (χ3n) is 5.18. The molecule has 2 heterocycles. The molecule has 0 aliphatic carbocycles. The van der Waals surface area contributed by atoms with Gasteiger partial charge in [0.05, 0.1) is 34.4 Å². The van der Waals surface area contributed by atoms with Crippen LogP contribution in [0, 0.1) is 0 Å². The molecule has 0 N–H and O–H groups in total. The van der Waals surface area contributed by atoms with Crippen LogP contribution in [0.3, 0.4) is 0 Å². The first-order chi connectivity index (χ1) is 15.0. The molecule has 6 nitrogen and oxygen atoms in total. The van der Waals surface area contributed by atoms with Gasteiger partial charge in [-0.1, -0.05) is 36.5 Å². The van der Waals surface area contributed by atoms with Crippen LogP contribution < -0.4 is 4.90 Å². The Balaban J connectivity index is 1.60. The summed E-state index contributed by atoms with van der Waals surface area (Å²) in [5.41, 5.74) is -3.79. The molecule has 1 fully saturated rings. The number of aromatic nitrogens is 1. The lowest BCUT2D eigenvalue weighted by Crippen LogP contribution is -2.33. The Morgan fingerprint density at radius 3 is 2.34 bits per heavy atom. The van der Waals surface area contributed by atoms with Crippen molar-refractivity contribution in [2.75, 3.05) is 4.90 Å². The summed E-state index contributed by atoms with van der Waals surface area (Å²) < 4.78 is 61.4. The second kappa shape index (κ2) is 7.82. The van der Waals surface area contributed by atoms with Crippen molar-refractivity contribution in [2.45, 2.75) is 29.9 Å². The first-order valence-corrected chi connectivity index (χ1v) is 11.3. The maximum atomic E-state index is 13.1. The molecule has 0 bridgehead atoms. The fourth-order valence-electron chi connectivity index (χ4n) is 3.43. The molecule has 32 heavy (non-hydrogen) atoms. The lowest BCUT2D eigenvalue weighted by atomic mass is 10.2. The van der Waals surface area contributed by atoms with E-state index in [9.17, 15) is 26.4 Å². The number of benzene rings is 2. The number of rotatable bonds is 4. The predicted molar refractivity (Wildman–Crippen MR) is 117 cm³/mol. The minimum absolute atomic E-state index is 0.182. The minimum Gasteiger partial charge on any atom is -0.309 e. The number of alkyl halides is 3. The average molecular weight is 480 g/mol. The van der Waals surface area contributed by atoms with Gasteiger partial charge in [-0.25, -0.2) is 13.2 Å². The van der Waals surface area contributed by atoms with Crippen LogP contribution in [0.4, 0.5) is 23.7 Å². The zero-order valence-electron chi connectivity index (χ0n) is 16.6. The average Bonchev–Trinajstić information content (AvgIpc) is 2.96. The number of pyridine rings is 1. The van der Waals surface area contributed by atoms with Gasteiger partial charge in [0.2, 0.25) is 0 Å². The summed E-state index contributed by atoms with van der Waals surface area (Å²) in [6.07, 6.45) is 0. The molecule has 1 aromatic heterocycles. The van der Waals surface area contributed by atoms with Gasteiger partial charge in [-0.3, -0.25) is 9.88 Å². The van der Waals surface area contributed by atoms with Crippen molar-refractivity contribution in [1.29, 1.82) is 0 Å². The summed E-state index contributed by atoms with van der Waals surface area (Å²) in [5.74, 6) is 0. The molecule has 1 aliphatic rings. The smallest absolute Gasteiger partial charge is 0.309 e. The standard InChI is InChI=1S/C21H16F3N3O3S2/c1-13-19(31)27(16-8-10-17(11-9-16)32(29,30)21(22,23)24)20(28)26(13)12-15-7-6-14-4-2-3-5-18(14)25-15/h2-11,13H,12H2,1H3/t13-/m0/s1. The SMILES string of the molecule is C[C@H]1C(=S)N(c2ccc(S(=O)(=O)C(F)(F)F)cc2)C(=O)N1Cc1ccc2ccccc2n1. The number of carbonyl (C=O) groups is 1. The molecule has 1 atom stereocenters. The second-order valence-corrected chi connectivity index (χ2v) is 9.56. The van der Waals surface area contributed by atoms with Gasteiger partial charge in [0.25, 0.3) is 9.84 Å². The maximum absolute atomic E-state index is 13.1. The topological polar surface area (TPSA) is 70.6 Å². The molecule has 2 amide bonds. The molecule has 0 spiro atoms. The molecule has 0 saturated carbocycles. The molecular formula is C21H16F3N3O3S2. The monoisotopic (exact) mass is 479 g/mol. The molecule has 166 valence electrons. The number of amides is 2. The van der Waals surface area contributed by atoms with Crippen molar-refractivity contribution >= 4 is 49.7 Å². The molecule has 4 rings (SSSR count). The van der Waals surface area contributed by atoms with Crippen molar-refractivity contribution in [1.82, 2.24) is 9.88 Å². The van der Waals surface area contributed by atoms with Gasteiger partial charge in [0.1, 0.15) is 4.99 Å². The zero-order valence-corrected chi connectivity index (χ0v) is 18.2. The van der Waals surface area contributed by atoms with Crippen LogP contribution in [0.25, 0.3) is 10.9 Å². The number of anilines is 1. The number of halogens is 3. The van der Waals surface area contributed by atoms with Gasteiger partial charge in [-0.15, -0.1) is 0 Å². The molecule has 2 aromatic carbocycles. The number of thiocarbonyl (C=S) groups is 1. The van der Waals surface area contributed by atoms with Gasteiger partial charge >= 0.3 is 11.5 Å². The highest BCUT2D eigenvalue weighted by Crippen LogP contribution is 2.33. The Morgan fingerprint density at radius 1 is 1.03 bits per heavy atom. The van der Waals surface area contributed by atoms with Crippen molar-refractivity contribution in [3.05, 3.63) is 66.4 Å². The lowest BCUT2D eigenvalue weighted by Gasteiger charge is -2.20. The van der Waals surface area contributed by atoms with Crippen molar-refractivity contribution in [2.24, 2.45) is 0 Å². The van der Waals surface area contributed by atoms with Gasteiger partial charge in [0, 0.05) is 5.39 Å². The van der Waals surface area contributed by atoms with Crippen molar-refractivity contribution in [3.63, 3.8) is 0 Å². The molecular weight excluding hydrogens is 463 g/mol. The summed E-state index contributed by atoms with van der Waals surface area (Å²) in [7, 11) is -5.48. The summed E-state index contributed by atoms with van der Waals surface area (Å²) in [6.45, 7) is 1.92. The third kappa shape index (κ3) is 3.71. The van der Waals surface area contributed by atoms with Crippen LogP contribution in [0.5, 0.6) is 0 Å². The van der Waals surface area contributed by atoms with E-state index in [-0.39, 0.29) is 17.2 Å². The van der Waals surface area contributed by atoms with Gasteiger partial charge < -0.3 is 4.90 Å². The number of urea groups is 1. The van der Waals surface area contributed by atoms with E-state index < -0.39 is 32.3 Å². The minimum atomic E-state index is -5.48. The molecule has 11 heteroatoms. The molecule has 0 unspecified atom stereocenters. The molecule has 0 radical (unpaired) electrons. The zero-order chi connectivity index (χ0) is 23.3. The highest BCUT2D eigenvalue weighted by atomic mass is 32.2. The van der Waals surface area contributed by atoms with E-state index in [0.717, 1.165) is 35.2 Å². The number of nitrogens with zero attached hydrogens (tertiary/aromatic N) is 3. The number of fused-ring (bicyclic) bond motifs is 1. The number of sulfone groups is 1. The van der Waals surface area contributed by atoms with E-state index in [0.29, 0.717) is 5.69 Å². The van der Waals surface area contributed by atoms with E-state index in [4.69, 9.17) is 12.2 Å². The van der Waals surface area contributed by atoms with E-state index in [2.05, 4.69) is 4.98 Å². The molecule has 1 aliphatic heterocycles. The highest BCUT2D eigenvalue weighted by Gasteiger charge is 2.47. The van der Waals surface area contributed by atoms with Crippen LogP contribution in [0.1, 0.15) is 12.6 Å². The van der Waals surface area contributed by atoms with Gasteiger partial charge in [-0.2, -0.15) is 13.2 Å². The van der Waals surface area contributed by atoms with Crippen LogP contribution in [-0.4, -0.2) is 40.9 Å². The van der Waals surface area contributed by atoms with E-state index >= 15 is 0 Å². The Morgan fingerprint density at radius 2 is 1.69 bits per heavy atom. The third-order valence-corrected chi connectivity index (χ3v) is 7.21. The fourth-order valence-corrected chi connectivity index (χ4v) is 4.50. The van der Waals surface area contributed by atoms with E-state index in [1.165, 1.54) is 9.80 Å². The van der Waals surface area contributed by atoms with E-state index in [1.807, 2.05) is 36.4 Å². The van der Waals surface area contributed by atoms with Crippen LogP contribution >= 0.6 is 12.2 Å². The summed E-state index contributed by atoms with van der Waals surface area (Å²) in [6, 6.07) is 14.2. The largest absolute Gasteiger partial charge is 0.501 e. The summed E-state index contributed by atoms with van der Waals surface area (Å²) >= 11 is 5.40. The molecule has 1 saturated heterocycles. The number of hydrogen-bond donors (Lipinski definition) is 0. The highest BCUT2D eigenvalue weighted by molar-refractivity contribution is 7.92. The summed E-state index contributed by atoms with van der Waals surface area (Å²) in [4.78, 5) is 19.7. The predicted octanol–water partition coefficient (Wildman–Crippen LogP) is 4.69. The normalized spacial score (nSPS) is 17.4. The van der Waals surface area contributed by atoms with E-state index in [1.54, 1.807) is 6.92 Å². The van der Waals surface area contributed by atoms with Crippen molar-refractivity contribution in [3.8, 4) is 0 Å². The number of carbonyl (C=O) groups excluding carboxylic acids is 1. The first kappa shape index (κ1) is 22.2.